The second-order valence-corrected chi connectivity index (χ2v) is 4.78. The third-order valence-electron chi connectivity index (χ3n) is 2.88. The molecule has 0 unspecified atom stereocenters. The lowest BCUT2D eigenvalue weighted by atomic mass is 10.1. The van der Waals surface area contributed by atoms with Crippen LogP contribution in [0.3, 0.4) is 0 Å². The topological polar surface area (TPSA) is 38.0 Å². The molecule has 17 heavy (non-hydrogen) atoms. The molecule has 0 spiro atoms. The summed E-state index contributed by atoms with van der Waals surface area (Å²) in [5, 5.41) is 2.78. The van der Waals surface area contributed by atoms with Crippen LogP contribution in [-0.4, -0.2) is 11.5 Å². The molecule has 0 aliphatic heterocycles. The Bertz CT molecular complexity index is 421. The monoisotopic (exact) mass is 256 g/mol. The summed E-state index contributed by atoms with van der Waals surface area (Å²) in [4.78, 5) is -0.00710. The Morgan fingerprint density at radius 3 is 2.41 bits per heavy atom. The third-order valence-corrected chi connectivity index (χ3v) is 3.11. The van der Waals surface area contributed by atoms with Gasteiger partial charge in [-0.3, -0.25) is 0 Å². The highest BCUT2D eigenvalue weighted by atomic mass is 32.1. The third kappa shape index (κ3) is 3.12. The maximum absolute atomic E-state index is 13.6. The van der Waals surface area contributed by atoms with Gasteiger partial charge in [-0.05, 0) is 24.5 Å². The minimum atomic E-state index is -0.649. The summed E-state index contributed by atoms with van der Waals surface area (Å²) >= 11 is 4.68. The molecule has 0 heterocycles. The van der Waals surface area contributed by atoms with E-state index in [1.807, 2.05) is 0 Å². The number of thiocarbonyl (C=S) groups is 1. The van der Waals surface area contributed by atoms with Gasteiger partial charge in [0, 0.05) is 12.1 Å². The van der Waals surface area contributed by atoms with Crippen molar-refractivity contribution >= 4 is 22.9 Å². The fourth-order valence-corrected chi connectivity index (χ4v) is 1.81. The van der Waals surface area contributed by atoms with Crippen molar-refractivity contribution in [3.8, 4) is 0 Å². The molecule has 2 rings (SSSR count). The van der Waals surface area contributed by atoms with E-state index in [9.17, 15) is 8.78 Å². The predicted molar refractivity (Wildman–Crippen MR) is 68.1 cm³/mol. The maximum atomic E-state index is 13.6. The van der Waals surface area contributed by atoms with Crippen LogP contribution >= 0.6 is 12.2 Å². The first-order valence-corrected chi connectivity index (χ1v) is 6.01. The number of benzene rings is 1. The van der Waals surface area contributed by atoms with E-state index in [4.69, 9.17) is 5.73 Å². The fraction of sp³-hybridized carbons (Fsp3) is 0.417. The van der Waals surface area contributed by atoms with E-state index in [0.717, 1.165) is 24.5 Å². The van der Waals surface area contributed by atoms with Gasteiger partial charge in [0.15, 0.2) is 0 Å². The van der Waals surface area contributed by atoms with E-state index in [1.165, 1.54) is 12.8 Å². The van der Waals surface area contributed by atoms with Crippen LogP contribution in [0.1, 0.15) is 24.8 Å². The minimum Gasteiger partial charge on any atom is -0.389 e. The first kappa shape index (κ1) is 12.2. The Morgan fingerprint density at radius 1 is 1.35 bits per heavy atom. The van der Waals surface area contributed by atoms with Crippen LogP contribution in [0.4, 0.5) is 14.5 Å². The van der Waals surface area contributed by atoms with Crippen LogP contribution in [0.15, 0.2) is 12.1 Å². The van der Waals surface area contributed by atoms with Crippen LogP contribution in [0, 0.1) is 17.6 Å². The molecule has 5 heteroatoms. The van der Waals surface area contributed by atoms with Crippen LogP contribution in [0.2, 0.25) is 0 Å². The normalized spacial score (nSPS) is 14.7. The zero-order chi connectivity index (χ0) is 12.4. The molecular weight excluding hydrogens is 242 g/mol. The van der Waals surface area contributed by atoms with Crippen molar-refractivity contribution < 1.29 is 8.78 Å². The largest absolute Gasteiger partial charge is 0.389 e. The van der Waals surface area contributed by atoms with Crippen molar-refractivity contribution in [3.05, 3.63) is 29.3 Å². The van der Waals surface area contributed by atoms with E-state index in [0.29, 0.717) is 6.54 Å². The molecule has 1 aromatic rings. The summed E-state index contributed by atoms with van der Waals surface area (Å²) in [7, 11) is 0. The SMILES string of the molecule is NC(=S)c1cc(F)c(NCCC2CC2)c(F)c1. The Kier molecular flexibility index (Phi) is 3.57. The first-order chi connectivity index (χ1) is 8.08. The molecule has 0 aromatic heterocycles. The lowest BCUT2D eigenvalue weighted by molar-refractivity contribution is 0.586. The molecule has 0 saturated heterocycles. The van der Waals surface area contributed by atoms with Crippen molar-refractivity contribution in [2.45, 2.75) is 19.3 Å². The molecule has 1 aliphatic carbocycles. The Morgan fingerprint density at radius 2 is 1.94 bits per heavy atom. The quantitative estimate of drug-likeness (QED) is 0.796. The van der Waals surface area contributed by atoms with Crippen LogP contribution < -0.4 is 11.1 Å². The number of halogens is 2. The summed E-state index contributed by atoms with van der Waals surface area (Å²) < 4.78 is 27.2. The minimum absolute atomic E-state index is 0.00710. The zero-order valence-electron chi connectivity index (χ0n) is 9.30. The lowest BCUT2D eigenvalue weighted by Crippen LogP contribution is -2.12. The van der Waals surface area contributed by atoms with Crippen molar-refractivity contribution in [3.63, 3.8) is 0 Å². The zero-order valence-corrected chi connectivity index (χ0v) is 10.1. The molecule has 1 aliphatic rings. The fourth-order valence-electron chi connectivity index (χ4n) is 1.69. The number of rotatable bonds is 5. The van der Waals surface area contributed by atoms with Gasteiger partial charge in [0.2, 0.25) is 0 Å². The molecule has 1 saturated carbocycles. The van der Waals surface area contributed by atoms with Gasteiger partial charge in [0.05, 0.1) is 0 Å². The van der Waals surface area contributed by atoms with E-state index in [2.05, 4.69) is 17.5 Å². The van der Waals surface area contributed by atoms with Crippen LogP contribution in [-0.2, 0) is 0 Å². The second-order valence-electron chi connectivity index (χ2n) is 4.34. The Balaban J connectivity index is 2.07. The average molecular weight is 256 g/mol. The number of nitrogens with two attached hydrogens (primary N) is 1. The van der Waals surface area contributed by atoms with Crippen molar-refractivity contribution in [2.24, 2.45) is 11.7 Å². The van der Waals surface area contributed by atoms with E-state index in [-0.39, 0.29) is 16.2 Å². The standard InChI is InChI=1S/C12H14F2N2S/c13-9-5-8(12(15)17)6-10(14)11(9)16-4-3-7-1-2-7/h5-7,16H,1-4H2,(H2,15,17). The number of hydrogen-bond donors (Lipinski definition) is 2. The molecule has 0 amide bonds. The molecule has 1 aromatic carbocycles. The van der Waals surface area contributed by atoms with Crippen molar-refractivity contribution in [2.75, 3.05) is 11.9 Å². The molecule has 2 nitrogen and oxygen atoms in total. The lowest BCUT2D eigenvalue weighted by Gasteiger charge is -2.10. The molecule has 92 valence electrons. The smallest absolute Gasteiger partial charge is 0.150 e. The molecule has 3 N–H and O–H groups in total. The average Bonchev–Trinajstić information content (AvgIpc) is 3.05. The summed E-state index contributed by atoms with van der Waals surface area (Å²) in [6.45, 7) is 0.588. The highest BCUT2D eigenvalue weighted by Gasteiger charge is 2.21. The van der Waals surface area contributed by atoms with E-state index in [1.54, 1.807) is 0 Å². The molecular formula is C12H14F2N2S. The Labute approximate surface area is 104 Å². The summed E-state index contributed by atoms with van der Waals surface area (Å²) in [5.74, 6) is -0.572. The number of anilines is 1. The number of hydrogen-bond acceptors (Lipinski definition) is 2. The van der Waals surface area contributed by atoms with Crippen LogP contribution in [0.25, 0.3) is 0 Å². The summed E-state index contributed by atoms with van der Waals surface area (Å²) in [5.41, 5.74) is 5.45. The van der Waals surface area contributed by atoms with Gasteiger partial charge in [-0.1, -0.05) is 25.1 Å². The van der Waals surface area contributed by atoms with E-state index < -0.39 is 11.6 Å². The molecule has 0 radical (unpaired) electrons. The van der Waals surface area contributed by atoms with Crippen molar-refractivity contribution in [1.29, 1.82) is 0 Å². The molecule has 0 atom stereocenters. The van der Waals surface area contributed by atoms with Gasteiger partial charge in [0.25, 0.3) is 0 Å². The second kappa shape index (κ2) is 4.96. The van der Waals surface area contributed by atoms with Gasteiger partial charge in [-0.25, -0.2) is 8.78 Å². The van der Waals surface area contributed by atoms with E-state index >= 15 is 0 Å². The van der Waals surface area contributed by atoms with Gasteiger partial charge in [-0.2, -0.15) is 0 Å². The number of nitrogens with one attached hydrogen (secondary N) is 1. The Hall–Kier alpha value is -1.23. The summed E-state index contributed by atoms with van der Waals surface area (Å²) in [6.07, 6.45) is 3.41. The first-order valence-electron chi connectivity index (χ1n) is 5.60. The molecule has 1 fully saturated rings. The van der Waals surface area contributed by atoms with Gasteiger partial charge in [0.1, 0.15) is 22.3 Å². The van der Waals surface area contributed by atoms with Gasteiger partial charge >= 0.3 is 0 Å². The van der Waals surface area contributed by atoms with Gasteiger partial charge < -0.3 is 11.1 Å². The van der Waals surface area contributed by atoms with Crippen molar-refractivity contribution in [1.82, 2.24) is 0 Å². The van der Waals surface area contributed by atoms with Gasteiger partial charge in [-0.15, -0.1) is 0 Å². The highest BCUT2D eigenvalue weighted by molar-refractivity contribution is 7.80. The van der Waals surface area contributed by atoms with Crippen LogP contribution in [0.5, 0.6) is 0 Å². The maximum Gasteiger partial charge on any atom is 0.150 e. The predicted octanol–water partition coefficient (Wildman–Crippen LogP) is 2.81. The summed E-state index contributed by atoms with van der Waals surface area (Å²) in [6, 6.07) is 2.32. The molecule has 0 bridgehead atoms. The highest BCUT2D eigenvalue weighted by Crippen LogP contribution is 2.32.